The monoisotopic (exact) mass is 178 g/mol. The van der Waals surface area contributed by atoms with Crippen LogP contribution in [0.5, 0.6) is 5.75 Å². The second-order valence-corrected chi connectivity index (χ2v) is 3.03. The van der Waals surface area contributed by atoms with Gasteiger partial charge in [-0.1, -0.05) is 12.1 Å². The van der Waals surface area contributed by atoms with Crippen LogP contribution in [0.25, 0.3) is 0 Å². The maximum Gasteiger partial charge on any atom is 0.342 e. The number of hydrogen-bond acceptors (Lipinski definition) is 3. The zero-order valence-electron chi connectivity index (χ0n) is 7.59. The minimum absolute atomic E-state index is 0.282. The molecule has 0 saturated heterocycles. The second-order valence-electron chi connectivity index (χ2n) is 3.03. The molecule has 3 nitrogen and oxygen atoms in total. The molecule has 0 radical (unpaired) electrons. The number of esters is 1. The Bertz CT molecular complexity index is 369. The highest BCUT2D eigenvalue weighted by Crippen LogP contribution is 2.31. The van der Waals surface area contributed by atoms with Gasteiger partial charge in [-0.05, 0) is 12.5 Å². The highest BCUT2D eigenvalue weighted by Gasteiger charge is 2.26. The molecule has 1 heterocycles. The van der Waals surface area contributed by atoms with E-state index in [-0.39, 0.29) is 5.97 Å². The predicted octanol–water partition coefficient (Wildman–Crippen LogP) is 1.67. The van der Waals surface area contributed by atoms with Gasteiger partial charge in [0.15, 0.2) is 0 Å². The average molecular weight is 178 g/mol. The van der Waals surface area contributed by atoms with E-state index >= 15 is 0 Å². The maximum absolute atomic E-state index is 11.3. The van der Waals surface area contributed by atoms with Crippen LogP contribution in [0.4, 0.5) is 0 Å². The molecule has 1 aliphatic rings. The van der Waals surface area contributed by atoms with Gasteiger partial charge in [0, 0.05) is 5.56 Å². The Labute approximate surface area is 76.3 Å². The molecule has 0 aromatic heterocycles. The maximum atomic E-state index is 11.3. The largest absolute Gasteiger partial charge is 0.496 e. The van der Waals surface area contributed by atoms with Crippen LogP contribution in [-0.4, -0.2) is 13.1 Å². The van der Waals surface area contributed by atoms with Gasteiger partial charge in [0.25, 0.3) is 0 Å². The summed E-state index contributed by atoms with van der Waals surface area (Å²) in [5.74, 6) is 0.357. The normalized spacial score (nSPS) is 13.8. The third-order valence-electron chi connectivity index (χ3n) is 2.21. The molecule has 0 atom stereocenters. The zero-order valence-corrected chi connectivity index (χ0v) is 7.59. The highest BCUT2D eigenvalue weighted by molar-refractivity contribution is 5.96. The van der Waals surface area contributed by atoms with E-state index in [0.717, 1.165) is 11.1 Å². The average Bonchev–Trinajstić information content (AvgIpc) is 2.49. The molecule has 0 spiro atoms. The molecule has 1 aromatic carbocycles. The number of hydrogen-bond donors (Lipinski definition) is 0. The van der Waals surface area contributed by atoms with Crippen molar-refractivity contribution in [3.05, 3.63) is 28.8 Å². The number of fused-ring (bicyclic) bond motifs is 1. The van der Waals surface area contributed by atoms with Gasteiger partial charge in [0.1, 0.15) is 17.9 Å². The van der Waals surface area contributed by atoms with E-state index in [0.29, 0.717) is 17.9 Å². The first-order valence-electron chi connectivity index (χ1n) is 4.07. The van der Waals surface area contributed by atoms with Gasteiger partial charge < -0.3 is 9.47 Å². The number of rotatable bonds is 1. The Morgan fingerprint density at radius 2 is 2.23 bits per heavy atom. The molecule has 13 heavy (non-hydrogen) atoms. The molecule has 0 amide bonds. The topological polar surface area (TPSA) is 35.5 Å². The second kappa shape index (κ2) is 2.76. The van der Waals surface area contributed by atoms with Crippen molar-refractivity contribution in [2.24, 2.45) is 0 Å². The van der Waals surface area contributed by atoms with E-state index < -0.39 is 0 Å². The third kappa shape index (κ3) is 1.08. The van der Waals surface area contributed by atoms with E-state index in [1.165, 1.54) is 0 Å². The fourth-order valence-electron chi connectivity index (χ4n) is 1.55. The van der Waals surface area contributed by atoms with Crippen molar-refractivity contribution < 1.29 is 14.3 Å². The van der Waals surface area contributed by atoms with Crippen molar-refractivity contribution >= 4 is 5.97 Å². The fraction of sp³-hybridized carbons (Fsp3) is 0.300. The van der Waals surface area contributed by atoms with Crippen LogP contribution >= 0.6 is 0 Å². The Kier molecular flexibility index (Phi) is 1.72. The van der Waals surface area contributed by atoms with E-state index in [2.05, 4.69) is 0 Å². The van der Waals surface area contributed by atoms with Gasteiger partial charge in [-0.25, -0.2) is 4.79 Å². The fourth-order valence-corrected chi connectivity index (χ4v) is 1.55. The third-order valence-corrected chi connectivity index (χ3v) is 2.21. The summed E-state index contributed by atoms with van der Waals surface area (Å²) < 4.78 is 10.1. The number of benzene rings is 1. The van der Waals surface area contributed by atoms with Crippen molar-refractivity contribution in [1.82, 2.24) is 0 Å². The molecule has 1 aromatic rings. The quantitative estimate of drug-likeness (QED) is 0.613. The summed E-state index contributed by atoms with van der Waals surface area (Å²) in [5.41, 5.74) is 2.45. The molecule has 0 N–H and O–H groups in total. The predicted molar refractivity (Wildman–Crippen MR) is 46.9 cm³/mol. The summed E-state index contributed by atoms with van der Waals surface area (Å²) >= 11 is 0. The van der Waals surface area contributed by atoms with Crippen LogP contribution in [0.2, 0.25) is 0 Å². The first-order valence-corrected chi connectivity index (χ1v) is 4.07. The van der Waals surface area contributed by atoms with Gasteiger partial charge in [-0.3, -0.25) is 0 Å². The van der Waals surface area contributed by atoms with Gasteiger partial charge in [0.2, 0.25) is 0 Å². The molecule has 1 aliphatic heterocycles. The van der Waals surface area contributed by atoms with Crippen LogP contribution < -0.4 is 4.74 Å². The van der Waals surface area contributed by atoms with E-state index in [4.69, 9.17) is 9.47 Å². The molecule has 0 saturated carbocycles. The smallest absolute Gasteiger partial charge is 0.342 e. The first-order chi connectivity index (χ1) is 6.24. The van der Waals surface area contributed by atoms with Crippen molar-refractivity contribution in [2.45, 2.75) is 13.5 Å². The number of carbonyl (C=O) groups is 1. The molecule has 3 heteroatoms. The van der Waals surface area contributed by atoms with Crippen LogP contribution in [0, 0.1) is 6.92 Å². The van der Waals surface area contributed by atoms with Crippen molar-refractivity contribution in [2.75, 3.05) is 7.11 Å². The lowest BCUT2D eigenvalue weighted by Gasteiger charge is -2.06. The van der Waals surface area contributed by atoms with Crippen molar-refractivity contribution in [1.29, 1.82) is 0 Å². The van der Waals surface area contributed by atoms with Gasteiger partial charge in [-0.15, -0.1) is 0 Å². The summed E-state index contributed by atoms with van der Waals surface area (Å²) in [6.45, 7) is 2.27. The van der Waals surface area contributed by atoms with E-state index in [1.54, 1.807) is 7.11 Å². The van der Waals surface area contributed by atoms with Crippen LogP contribution in [0.3, 0.4) is 0 Å². The van der Waals surface area contributed by atoms with Crippen molar-refractivity contribution in [3.63, 3.8) is 0 Å². The Hall–Kier alpha value is -1.51. The van der Waals surface area contributed by atoms with Crippen LogP contribution in [0.1, 0.15) is 21.5 Å². The summed E-state index contributed by atoms with van der Waals surface area (Å²) in [6.07, 6.45) is 0. The Morgan fingerprint density at radius 1 is 1.46 bits per heavy atom. The Balaban J connectivity index is 2.67. The molecular formula is C10H10O3. The summed E-state index contributed by atoms with van der Waals surface area (Å²) in [4.78, 5) is 11.3. The van der Waals surface area contributed by atoms with Gasteiger partial charge in [0.05, 0.1) is 7.11 Å². The lowest BCUT2D eigenvalue weighted by atomic mass is 10.1. The zero-order chi connectivity index (χ0) is 9.42. The molecule has 0 fully saturated rings. The molecule has 0 aliphatic carbocycles. The van der Waals surface area contributed by atoms with Gasteiger partial charge in [-0.2, -0.15) is 0 Å². The van der Waals surface area contributed by atoms with Crippen LogP contribution in [-0.2, 0) is 11.3 Å². The molecule has 0 unspecified atom stereocenters. The number of cyclic esters (lactones) is 1. The summed E-state index contributed by atoms with van der Waals surface area (Å²) in [6, 6.07) is 3.83. The lowest BCUT2D eigenvalue weighted by molar-refractivity contribution is 0.0533. The SMILES string of the molecule is COc1c(C)ccc2c1C(=O)OC2. The minimum Gasteiger partial charge on any atom is -0.496 e. The summed E-state index contributed by atoms with van der Waals surface area (Å²) in [7, 11) is 1.56. The number of aryl methyl sites for hydroxylation is 1. The standard InChI is InChI=1S/C10H10O3/c1-6-3-4-7-5-13-10(11)8(7)9(6)12-2/h3-4H,5H2,1-2H3. The first kappa shape index (κ1) is 8.10. The highest BCUT2D eigenvalue weighted by atomic mass is 16.5. The summed E-state index contributed by atoms with van der Waals surface area (Å²) in [5, 5.41) is 0. The molecule has 0 bridgehead atoms. The Morgan fingerprint density at radius 3 is 2.92 bits per heavy atom. The number of ether oxygens (including phenoxy) is 2. The van der Waals surface area contributed by atoms with E-state index in [9.17, 15) is 4.79 Å². The van der Waals surface area contributed by atoms with Crippen molar-refractivity contribution in [3.8, 4) is 5.75 Å². The molecule has 2 rings (SSSR count). The lowest BCUT2D eigenvalue weighted by Crippen LogP contribution is -1.99. The van der Waals surface area contributed by atoms with Crippen LogP contribution in [0.15, 0.2) is 12.1 Å². The number of carbonyl (C=O) groups excluding carboxylic acids is 1. The number of methoxy groups -OCH3 is 1. The molecule has 68 valence electrons. The minimum atomic E-state index is -0.282. The van der Waals surface area contributed by atoms with E-state index in [1.807, 2.05) is 19.1 Å². The van der Waals surface area contributed by atoms with Gasteiger partial charge >= 0.3 is 5.97 Å². The molecular weight excluding hydrogens is 168 g/mol.